The van der Waals surface area contributed by atoms with E-state index in [4.69, 9.17) is 10.7 Å². The Hall–Kier alpha value is -2.04. The van der Waals surface area contributed by atoms with Gasteiger partial charge in [0.1, 0.15) is 6.04 Å². The number of aromatic nitrogens is 2. The molecule has 4 N–H and O–H groups in total. The van der Waals surface area contributed by atoms with Crippen molar-refractivity contribution < 1.29 is 9.59 Å². The number of thiazole rings is 2. The van der Waals surface area contributed by atoms with E-state index in [1.807, 2.05) is 14.0 Å². The zero-order chi connectivity index (χ0) is 20.1. The number of urea groups is 1. The predicted molar refractivity (Wildman–Crippen MR) is 111 cm³/mol. The zero-order valence-electron chi connectivity index (χ0n) is 16.1. The number of hydrogen-bond donors (Lipinski definition) is 3. The van der Waals surface area contributed by atoms with Crippen LogP contribution in [0.2, 0.25) is 0 Å². The third kappa shape index (κ3) is 3.51. The van der Waals surface area contributed by atoms with Crippen molar-refractivity contribution in [1.82, 2.24) is 20.2 Å². The fourth-order valence-electron chi connectivity index (χ4n) is 3.45. The fraction of sp³-hybridized carbons (Fsp3) is 0.556. The molecule has 28 heavy (non-hydrogen) atoms. The molecule has 1 saturated carbocycles. The van der Waals surface area contributed by atoms with Crippen LogP contribution in [-0.4, -0.2) is 52.5 Å². The molecular formula is C18H24N6O2S2. The molecule has 2 atom stereocenters. The molecule has 4 rings (SSSR count). The van der Waals surface area contributed by atoms with E-state index in [0.29, 0.717) is 18.1 Å². The Morgan fingerprint density at radius 1 is 1.36 bits per heavy atom. The molecule has 1 aliphatic heterocycles. The maximum Gasteiger partial charge on any atom is 0.324 e. The first-order valence-electron chi connectivity index (χ1n) is 9.29. The van der Waals surface area contributed by atoms with Crippen LogP contribution in [0.5, 0.6) is 0 Å². The second-order valence-electron chi connectivity index (χ2n) is 7.75. The van der Waals surface area contributed by atoms with E-state index in [-0.39, 0.29) is 17.5 Å². The van der Waals surface area contributed by atoms with Gasteiger partial charge in [-0.05, 0) is 33.2 Å². The van der Waals surface area contributed by atoms with Gasteiger partial charge in [0.05, 0.1) is 21.3 Å². The predicted octanol–water partition coefficient (Wildman–Crippen LogP) is 2.31. The highest BCUT2D eigenvalue weighted by molar-refractivity contribution is 7.19. The number of aryl methyl sites for hydroxylation is 1. The first kappa shape index (κ1) is 19.3. The van der Waals surface area contributed by atoms with Crippen molar-refractivity contribution in [2.45, 2.75) is 50.6 Å². The number of likely N-dealkylation sites (N-methyl/N-ethyl adjacent to an activating group) is 1. The Balaban J connectivity index is 1.50. The van der Waals surface area contributed by atoms with Gasteiger partial charge in [-0.2, -0.15) is 0 Å². The standard InChI is InChI=1S/C18H24N6O2S2/c1-9-13(11-8-27-15(22-11)18(2)4-5-18)28-16(21-9)23-17(26)24-7-10(20-3)6-12(24)14(19)25/h8,10,12,20H,4-7H2,1-3H3,(H2,19,25)(H,21,23,26)/t10-,12?/m0/s1. The quantitative estimate of drug-likeness (QED) is 0.687. The van der Waals surface area contributed by atoms with Crippen LogP contribution in [0.1, 0.15) is 36.9 Å². The van der Waals surface area contributed by atoms with Gasteiger partial charge in [-0.15, -0.1) is 11.3 Å². The van der Waals surface area contributed by atoms with Crippen LogP contribution in [0.15, 0.2) is 5.38 Å². The van der Waals surface area contributed by atoms with E-state index >= 15 is 0 Å². The first-order chi connectivity index (χ1) is 13.3. The van der Waals surface area contributed by atoms with E-state index in [9.17, 15) is 9.59 Å². The molecule has 0 aromatic carbocycles. The number of nitrogens with one attached hydrogen (secondary N) is 2. The molecule has 0 spiro atoms. The van der Waals surface area contributed by atoms with E-state index in [1.165, 1.54) is 34.1 Å². The number of primary amides is 1. The lowest BCUT2D eigenvalue weighted by Crippen LogP contribution is -2.45. The number of carbonyl (C=O) groups excluding carboxylic acids is 2. The average Bonchev–Trinajstić information content (AvgIpc) is 3.07. The van der Waals surface area contributed by atoms with Crippen molar-refractivity contribution in [1.29, 1.82) is 0 Å². The molecule has 2 aliphatic rings. The van der Waals surface area contributed by atoms with Crippen molar-refractivity contribution in [2.24, 2.45) is 5.73 Å². The number of anilines is 1. The summed E-state index contributed by atoms with van der Waals surface area (Å²) in [4.78, 5) is 36.2. The summed E-state index contributed by atoms with van der Waals surface area (Å²) in [5, 5.41) is 9.66. The lowest BCUT2D eigenvalue weighted by Gasteiger charge is -2.21. The molecule has 150 valence electrons. The Bertz CT molecular complexity index is 919. The summed E-state index contributed by atoms with van der Waals surface area (Å²) in [7, 11) is 1.81. The monoisotopic (exact) mass is 420 g/mol. The van der Waals surface area contributed by atoms with Crippen LogP contribution in [0.4, 0.5) is 9.93 Å². The highest BCUT2D eigenvalue weighted by Gasteiger charge is 2.42. The van der Waals surface area contributed by atoms with Crippen LogP contribution in [0.25, 0.3) is 10.6 Å². The van der Waals surface area contributed by atoms with Crippen LogP contribution in [-0.2, 0) is 10.2 Å². The summed E-state index contributed by atoms with van der Waals surface area (Å²) in [6.07, 6.45) is 2.89. The molecule has 2 fully saturated rings. The molecule has 8 nitrogen and oxygen atoms in total. The third-order valence-electron chi connectivity index (χ3n) is 5.56. The summed E-state index contributed by atoms with van der Waals surface area (Å²) < 4.78 is 0. The number of carbonyl (C=O) groups is 2. The topological polar surface area (TPSA) is 113 Å². The van der Waals surface area contributed by atoms with Crippen LogP contribution in [0.3, 0.4) is 0 Å². The number of amides is 3. The number of hydrogen-bond acceptors (Lipinski definition) is 7. The van der Waals surface area contributed by atoms with Gasteiger partial charge >= 0.3 is 6.03 Å². The normalized spacial score (nSPS) is 23.0. The number of nitrogens with two attached hydrogens (primary N) is 1. The largest absolute Gasteiger partial charge is 0.368 e. The summed E-state index contributed by atoms with van der Waals surface area (Å²) >= 11 is 3.09. The number of likely N-dealkylation sites (tertiary alicyclic amines) is 1. The fourth-order valence-corrected chi connectivity index (χ4v) is 5.47. The highest BCUT2D eigenvalue weighted by Crippen LogP contribution is 2.49. The maximum absolute atomic E-state index is 12.7. The highest BCUT2D eigenvalue weighted by atomic mass is 32.1. The molecule has 1 aliphatic carbocycles. The molecule has 0 radical (unpaired) electrons. The van der Waals surface area contributed by atoms with Gasteiger partial charge in [0.2, 0.25) is 5.91 Å². The van der Waals surface area contributed by atoms with Gasteiger partial charge in [0, 0.05) is 23.4 Å². The van der Waals surface area contributed by atoms with Crippen molar-refractivity contribution in [2.75, 3.05) is 18.9 Å². The summed E-state index contributed by atoms with van der Waals surface area (Å²) in [6.45, 7) is 4.59. The van der Waals surface area contributed by atoms with Gasteiger partial charge in [-0.1, -0.05) is 18.3 Å². The molecule has 0 bridgehead atoms. The SMILES string of the molecule is CN[C@H]1CC(C(N)=O)N(C(=O)Nc2nc(C)c(-c3csc(C4(C)CC4)n3)s2)C1. The average molecular weight is 421 g/mol. The first-order valence-corrected chi connectivity index (χ1v) is 11.0. The van der Waals surface area contributed by atoms with Crippen LogP contribution in [0, 0.1) is 6.92 Å². The maximum atomic E-state index is 12.7. The smallest absolute Gasteiger partial charge is 0.324 e. The van der Waals surface area contributed by atoms with Crippen LogP contribution >= 0.6 is 22.7 Å². The lowest BCUT2D eigenvalue weighted by atomic mass is 10.1. The zero-order valence-corrected chi connectivity index (χ0v) is 17.7. The molecule has 3 heterocycles. The second kappa shape index (κ2) is 7.09. The van der Waals surface area contributed by atoms with Crippen LogP contribution < -0.4 is 16.4 Å². The number of rotatable bonds is 5. The van der Waals surface area contributed by atoms with Crippen molar-refractivity contribution in [3.05, 3.63) is 16.1 Å². The van der Waals surface area contributed by atoms with Gasteiger partial charge in [0.15, 0.2) is 5.13 Å². The van der Waals surface area contributed by atoms with Crippen molar-refractivity contribution in [3.8, 4) is 10.6 Å². The Labute approximate surface area is 171 Å². The molecule has 1 saturated heterocycles. The van der Waals surface area contributed by atoms with E-state index in [1.54, 1.807) is 11.3 Å². The van der Waals surface area contributed by atoms with Gasteiger partial charge in [-0.3, -0.25) is 10.1 Å². The molecule has 2 aromatic heterocycles. The van der Waals surface area contributed by atoms with E-state index in [0.717, 1.165) is 16.3 Å². The summed E-state index contributed by atoms with van der Waals surface area (Å²) in [5.74, 6) is -0.493. The van der Waals surface area contributed by atoms with Crippen molar-refractivity contribution >= 4 is 39.7 Å². The lowest BCUT2D eigenvalue weighted by molar-refractivity contribution is -0.121. The Morgan fingerprint density at radius 3 is 2.75 bits per heavy atom. The van der Waals surface area contributed by atoms with E-state index < -0.39 is 11.9 Å². The van der Waals surface area contributed by atoms with Gasteiger partial charge in [0.25, 0.3) is 0 Å². The molecule has 3 amide bonds. The molecule has 2 aromatic rings. The van der Waals surface area contributed by atoms with Gasteiger partial charge < -0.3 is 16.0 Å². The summed E-state index contributed by atoms with van der Waals surface area (Å²) in [6, 6.07) is -0.918. The summed E-state index contributed by atoms with van der Waals surface area (Å²) in [5.41, 5.74) is 7.46. The molecular weight excluding hydrogens is 396 g/mol. The third-order valence-corrected chi connectivity index (χ3v) is 7.81. The minimum atomic E-state index is -0.613. The Kier molecular flexibility index (Phi) is 4.88. The van der Waals surface area contributed by atoms with E-state index in [2.05, 4.69) is 27.9 Å². The Morgan fingerprint density at radius 2 is 2.11 bits per heavy atom. The molecule has 1 unspecified atom stereocenters. The molecule has 10 heteroatoms. The minimum Gasteiger partial charge on any atom is -0.368 e. The van der Waals surface area contributed by atoms with Gasteiger partial charge in [-0.25, -0.2) is 14.8 Å². The number of nitrogens with zero attached hydrogens (tertiary/aromatic N) is 3. The van der Waals surface area contributed by atoms with Crippen molar-refractivity contribution in [3.63, 3.8) is 0 Å². The minimum absolute atomic E-state index is 0.0501. The second-order valence-corrected chi connectivity index (χ2v) is 9.61.